The maximum atomic E-state index is 14.0. The summed E-state index contributed by atoms with van der Waals surface area (Å²) in [5.41, 5.74) is 0. The van der Waals surface area contributed by atoms with E-state index < -0.39 is 116 Å². The summed E-state index contributed by atoms with van der Waals surface area (Å²) in [7, 11) is -18.5. The average Bonchev–Trinajstić information content (AvgIpc) is 2.81. The normalized spacial score (nSPS) is 17.0. The Kier molecular flexibility index (Phi) is 10.4. The summed E-state index contributed by atoms with van der Waals surface area (Å²) in [4.78, 5) is 0. The highest BCUT2D eigenvalue weighted by atomic mass is 127. The summed E-state index contributed by atoms with van der Waals surface area (Å²) in [6.07, 6.45) is -8.09. The second kappa shape index (κ2) is 10.7. The molecular weight excluding hydrogens is 869 g/mol. The van der Waals surface area contributed by atoms with E-state index in [0.29, 0.717) is 0 Å². The van der Waals surface area contributed by atoms with Crippen molar-refractivity contribution in [3.63, 3.8) is 0 Å². The van der Waals surface area contributed by atoms with Crippen molar-refractivity contribution in [3.05, 3.63) is 0 Å². The molecular formula is C12H2F24INO4S2. The van der Waals surface area contributed by atoms with Gasteiger partial charge in [-0.05, 0) is 1.92 Å². The van der Waals surface area contributed by atoms with E-state index in [4.69, 9.17) is 0 Å². The standard InChI is InChI=1S/C12H2F24INO4S2/c13-1-2(14,15)3(16,17)4(18,19)8(26,27)11(33,34)43(39,40)38(37)44(41,42)12(35,36)9(28,29)6(22,23)5(20,21)7(24,25)10(30,31)32/h1H2. The number of hydrogen-bond acceptors (Lipinski definition) is 4. The molecule has 32 heteroatoms. The molecule has 0 aliphatic carbocycles. The van der Waals surface area contributed by atoms with Gasteiger partial charge >= 0.3 is 84.1 Å². The molecule has 0 aromatic heterocycles. The molecule has 0 unspecified atom stereocenters. The van der Waals surface area contributed by atoms with Crippen LogP contribution in [0.2, 0.25) is 0 Å². The SMILES string of the molecule is O=S(=O)(N(I)S(=O)(=O)C(F)(F)C(F)(F)C(F)(F)C(F)(F)C(F)(F)C(F)(F)F)C(F)(F)C(F)(F)C(F)(F)C(F)(F)C(F)(F)CF. The molecule has 0 amide bonds. The van der Waals surface area contributed by atoms with Crippen LogP contribution in [0.5, 0.6) is 0 Å². The van der Waals surface area contributed by atoms with Gasteiger partial charge in [-0.2, -0.15) is 101 Å². The number of sulfonamides is 2. The van der Waals surface area contributed by atoms with Gasteiger partial charge in [-0.1, -0.05) is 0 Å². The molecule has 0 saturated heterocycles. The van der Waals surface area contributed by atoms with E-state index in [-0.39, 0.29) is 0 Å². The Morgan fingerprint density at radius 1 is 0.409 bits per heavy atom. The van der Waals surface area contributed by atoms with Gasteiger partial charge in [-0.3, -0.25) is 0 Å². The Bertz CT molecular complexity index is 1300. The summed E-state index contributed by atoms with van der Waals surface area (Å²) in [6.45, 7) is -4.15. The lowest BCUT2D eigenvalue weighted by molar-refractivity contribution is -0.433. The Balaban J connectivity index is 7.39. The molecule has 0 atom stereocenters. The van der Waals surface area contributed by atoms with Crippen LogP contribution < -0.4 is 0 Å². The second-order valence-corrected chi connectivity index (χ2v) is 13.7. The fourth-order valence-electron chi connectivity index (χ4n) is 2.08. The fourth-order valence-corrected chi connectivity index (χ4v) is 6.43. The Hall–Kier alpha value is -1.09. The molecule has 0 aromatic rings. The monoisotopic (exact) mass is 871 g/mol. The topological polar surface area (TPSA) is 71.5 Å². The van der Waals surface area contributed by atoms with Crippen LogP contribution in [0, 0.1) is 0 Å². The van der Waals surface area contributed by atoms with Gasteiger partial charge in [-0.15, -0.1) is 0 Å². The summed E-state index contributed by atoms with van der Waals surface area (Å²) < 4.78 is 359. The molecule has 0 spiro atoms. The van der Waals surface area contributed by atoms with Crippen LogP contribution in [0.1, 0.15) is 0 Å². The van der Waals surface area contributed by atoms with Crippen molar-refractivity contribution in [2.24, 2.45) is 0 Å². The smallest absolute Gasteiger partial charge is 0.244 e. The molecule has 0 aromatic carbocycles. The lowest BCUT2D eigenvalue weighted by atomic mass is 9.98. The zero-order chi connectivity index (χ0) is 36.8. The minimum absolute atomic E-state index is 1.46. The van der Waals surface area contributed by atoms with E-state index in [0.717, 1.165) is 0 Å². The van der Waals surface area contributed by atoms with Crippen molar-refractivity contribution in [1.82, 2.24) is 1.92 Å². The Morgan fingerprint density at radius 2 is 0.636 bits per heavy atom. The molecule has 0 aliphatic rings. The maximum Gasteiger partial charge on any atom is 0.460 e. The summed E-state index contributed by atoms with van der Waals surface area (Å²) in [5.74, 6) is -68.5. The van der Waals surface area contributed by atoms with Crippen LogP contribution in [0.15, 0.2) is 0 Å². The van der Waals surface area contributed by atoms with Crippen molar-refractivity contribution >= 4 is 42.9 Å². The molecule has 0 aliphatic heterocycles. The molecule has 0 fully saturated rings. The Labute approximate surface area is 238 Å². The average molecular weight is 871 g/mol. The highest BCUT2D eigenvalue weighted by Gasteiger charge is 2.94. The predicted molar refractivity (Wildman–Crippen MR) is 95.2 cm³/mol. The first kappa shape index (κ1) is 42.9. The van der Waals surface area contributed by atoms with Crippen molar-refractivity contribution in [1.29, 1.82) is 0 Å². The lowest BCUT2D eigenvalue weighted by Gasteiger charge is -2.40. The van der Waals surface area contributed by atoms with Crippen LogP contribution in [0.3, 0.4) is 0 Å². The minimum Gasteiger partial charge on any atom is -0.244 e. The van der Waals surface area contributed by atoms with Gasteiger partial charge in [0.25, 0.3) is 0 Å². The van der Waals surface area contributed by atoms with Crippen molar-refractivity contribution in [2.45, 2.75) is 64.1 Å². The molecule has 266 valence electrons. The molecule has 0 bridgehead atoms. The summed E-state index contributed by atoms with van der Waals surface area (Å²) in [6, 6.07) is 0. The molecule has 0 N–H and O–H groups in total. The van der Waals surface area contributed by atoms with Gasteiger partial charge < -0.3 is 0 Å². The van der Waals surface area contributed by atoms with Crippen molar-refractivity contribution < 1.29 is 122 Å². The predicted octanol–water partition coefficient (Wildman–Crippen LogP) is 7.10. The lowest BCUT2D eigenvalue weighted by Crippen LogP contribution is -2.72. The van der Waals surface area contributed by atoms with E-state index >= 15 is 0 Å². The maximum absolute atomic E-state index is 14.0. The van der Waals surface area contributed by atoms with Crippen LogP contribution >= 0.6 is 22.9 Å². The quantitative estimate of drug-likeness (QED) is 0.113. The van der Waals surface area contributed by atoms with E-state index in [1.54, 1.807) is 0 Å². The number of alkyl halides is 24. The highest BCUT2D eigenvalue weighted by molar-refractivity contribution is 14.1. The van der Waals surface area contributed by atoms with Crippen LogP contribution in [-0.4, -0.2) is 89.5 Å². The van der Waals surface area contributed by atoms with Gasteiger partial charge in [0.05, 0.1) is 22.9 Å². The highest BCUT2D eigenvalue weighted by Crippen LogP contribution is 2.63. The molecule has 44 heavy (non-hydrogen) atoms. The van der Waals surface area contributed by atoms with E-state index in [9.17, 15) is 122 Å². The van der Waals surface area contributed by atoms with Gasteiger partial charge in [0.15, 0.2) is 6.67 Å². The third-order valence-corrected chi connectivity index (χ3v) is 11.6. The van der Waals surface area contributed by atoms with E-state index in [1.165, 1.54) is 0 Å². The summed E-state index contributed by atoms with van der Waals surface area (Å²) in [5, 5.41) is -17.4. The Morgan fingerprint density at radius 3 is 0.864 bits per heavy atom. The molecule has 0 heterocycles. The first-order chi connectivity index (χ1) is 18.5. The minimum atomic E-state index is -9.28. The first-order valence-electron chi connectivity index (χ1n) is 8.83. The largest absolute Gasteiger partial charge is 0.460 e. The zero-order valence-corrected chi connectivity index (χ0v) is 22.3. The number of hydrogen-bond donors (Lipinski definition) is 0. The van der Waals surface area contributed by atoms with Gasteiger partial charge in [0.2, 0.25) is 0 Å². The van der Waals surface area contributed by atoms with Crippen LogP contribution in [0.4, 0.5) is 105 Å². The van der Waals surface area contributed by atoms with E-state index in [1.807, 2.05) is 0 Å². The molecule has 0 radical (unpaired) electrons. The molecule has 5 nitrogen and oxygen atoms in total. The number of halogens is 25. The van der Waals surface area contributed by atoms with E-state index in [2.05, 4.69) is 0 Å². The zero-order valence-electron chi connectivity index (χ0n) is 18.6. The van der Waals surface area contributed by atoms with Gasteiger partial charge in [-0.25, -0.2) is 21.2 Å². The number of nitrogens with zero attached hydrogens (tertiary/aromatic N) is 1. The third kappa shape index (κ3) is 5.11. The van der Waals surface area contributed by atoms with Crippen molar-refractivity contribution in [2.75, 3.05) is 6.67 Å². The van der Waals surface area contributed by atoms with Gasteiger partial charge in [0.1, 0.15) is 0 Å². The van der Waals surface area contributed by atoms with Crippen LogP contribution in [-0.2, 0) is 20.0 Å². The molecule has 0 saturated carbocycles. The number of rotatable bonds is 13. The third-order valence-electron chi connectivity index (χ3n) is 4.71. The molecule has 0 rings (SSSR count). The summed E-state index contributed by atoms with van der Waals surface area (Å²) >= 11 is -1.46. The first-order valence-corrected chi connectivity index (χ1v) is 12.7. The fraction of sp³-hybridized carbons (Fsp3) is 1.00. The van der Waals surface area contributed by atoms with Crippen molar-refractivity contribution in [3.8, 4) is 0 Å². The second-order valence-electron chi connectivity index (χ2n) is 7.55. The van der Waals surface area contributed by atoms with Crippen LogP contribution in [0.25, 0.3) is 0 Å². The van der Waals surface area contributed by atoms with Gasteiger partial charge in [0, 0.05) is 0 Å².